The number of ether oxygens (including phenoxy) is 2. The lowest BCUT2D eigenvalue weighted by molar-refractivity contribution is -0.274. The minimum atomic E-state index is -4.94. The Morgan fingerprint density at radius 1 is 1.15 bits per heavy atom. The second kappa shape index (κ2) is 8.09. The zero-order valence-corrected chi connectivity index (χ0v) is 14.1. The van der Waals surface area contributed by atoms with Gasteiger partial charge in [-0.2, -0.15) is 0 Å². The summed E-state index contributed by atoms with van der Waals surface area (Å²) in [4.78, 5) is 23.9. The van der Waals surface area contributed by atoms with Gasteiger partial charge in [-0.15, -0.1) is 13.2 Å². The molecular weight excluding hydrogens is 375 g/mol. The standard InChI is InChI=1S/C17H13ClF3NO4/c1-2-25-16(24)10-7-8-13(12(18)9-10)22-15(23)11-5-3-4-6-14(11)26-17(19,20)21/h3-9H,2H2,1H3,(H,22,23). The van der Waals surface area contributed by atoms with Crippen molar-refractivity contribution in [1.82, 2.24) is 0 Å². The lowest BCUT2D eigenvalue weighted by atomic mass is 10.1. The summed E-state index contributed by atoms with van der Waals surface area (Å²) < 4.78 is 46.0. The lowest BCUT2D eigenvalue weighted by Gasteiger charge is -2.14. The molecule has 9 heteroatoms. The Labute approximate surface area is 151 Å². The van der Waals surface area contributed by atoms with Crippen LogP contribution >= 0.6 is 11.6 Å². The van der Waals surface area contributed by atoms with Crippen LogP contribution in [-0.2, 0) is 4.74 Å². The van der Waals surface area contributed by atoms with Crippen LogP contribution in [0.15, 0.2) is 42.5 Å². The van der Waals surface area contributed by atoms with Crippen molar-refractivity contribution in [2.45, 2.75) is 13.3 Å². The Bertz CT molecular complexity index is 824. The number of hydrogen-bond acceptors (Lipinski definition) is 4. The van der Waals surface area contributed by atoms with Crippen LogP contribution in [-0.4, -0.2) is 24.8 Å². The van der Waals surface area contributed by atoms with Crippen molar-refractivity contribution in [3.63, 3.8) is 0 Å². The van der Waals surface area contributed by atoms with Crippen molar-refractivity contribution in [2.24, 2.45) is 0 Å². The van der Waals surface area contributed by atoms with E-state index in [4.69, 9.17) is 16.3 Å². The number of carbonyl (C=O) groups excluding carboxylic acids is 2. The van der Waals surface area contributed by atoms with E-state index >= 15 is 0 Å². The number of benzene rings is 2. The van der Waals surface area contributed by atoms with Crippen LogP contribution in [0, 0.1) is 0 Å². The molecule has 138 valence electrons. The van der Waals surface area contributed by atoms with Crippen LogP contribution < -0.4 is 10.1 Å². The van der Waals surface area contributed by atoms with Crippen LogP contribution in [0.1, 0.15) is 27.6 Å². The second-order valence-corrected chi connectivity index (χ2v) is 5.32. The van der Waals surface area contributed by atoms with Crippen LogP contribution in [0.3, 0.4) is 0 Å². The zero-order chi connectivity index (χ0) is 19.3. The molecule has 0 fully saturated rings. The largest absolute Gasteiger partial charge is 0.573 e. The quantitative estimate of drug-likeness (QED) is 0.757. The van der Waals surface area contributed by atoms with Gasteiger partial charge in [0.15, 0.2) is 0 Å². The summed E-state index contributed by atoms with van der Waals surface area (Å²) in [6, 6.07) is 8.90. The fraction of sp³-hybridized carbons (Fsp3) is 0.176. The summed E-state index contributed by atoms with van der Waals surface area (Å²) in [6.07, 6.45) is -4.94. The molecule has 26 heavy (non-hydrogen) atoms. The molecule has 1 amide bonds. The minimum absolute atomic E-state index is 0.0260. The number of para-hydroxylation sites is 1. The highest BCUT2D eigenvalue weighted by Crippen LogP contribution is 2.28. The molecule has 1 N–H and O–H groups in total. The number of alkyl halides is 3. The first kappa shape index (κ1) is 19.6. The molecule has 0 spiro atoms. The van der Waals surface area contributed by atoms with Gasteiger partial charge in [-0.1, -0.05) is 23.7 Å². The van der Waals surface area contributed by atoms with E-state index in [1.807, 2.05) is 0 Å². The van der Waals surface area contributed by atoms with E-state index in [0.717, 1.165) is 6.07 Å². The Morgan fingerprint density at radius 2 is 1.85 bits per heavy atom. The predicted molar refractivity (Wildman–Crippen MR) is 88.5 cm³/mol. The monoisotopic (exact) mass is 387 g/mol. The third kappa shape index (κ3) is 5.13. The van der Waals surface area contributed by atoms with Crippen LogP contribution in [0.4, 0.5) is 18.9 Å². The van der Waals surface area contributed by atoms with Crippen LogP contribution in [0.25, 0.3) is 0 Å². The fourth-order valence-electron chi connectivity index (χ4n) is 2.02. The molecule has 0 aromatic heterocycles. The Kier molecular flexibility index (Phi) is 6.10. The van der Waals surface area contributed by atoms with Crippen molar-refractivity contribution in [1.29, 1.82) is 0 Å². The first-order valence-electron chi connectivity index (χ1n) is 7.34. The molecule has 0 saturated carbocycles. The normalized spacial score (nSPS) is 11.0. The van der Waals surface area contributed by atoms with Gasteiger partial charge in [-0.05, 0) is 37.3 Å². The molecule has 0 unspecified atom stereocenters. The Balaban J connectivity index is 2.22. The van der Waals surface area contributed by atoms with Gasteiger partial charge >= 0.3 is 12.3 Å². The molecule has 0 aliphatic carbocycles. The van der Waals surface area contributed by atoms with E-state index in [1.165, 1.54) is 36.4 Å². The molecule has 0 saturated heterocycles. The molecule has 0 radical (unpaired) electrons. The van der Waals surface area contributed by atoms with Crippen molar-refractivity contribution in [3.05, 3.63) is 58.6 Å². The molecule has 0 bridgehead atoms. The molecule has 0 atom stereocenters. The van der Waals surface area contributed by atoms with Gasteiger partial charge in [-0.25, -0.2) is 4.79 Å². The smallest absolute Gasteiger partial charge is 0.462 e. The fourth-order valence-corrected chi connectivity index (χ4v) is 2.24. The second-order valence-electron chi connectivity index (χ2n) is 4.91. The summed E-state index contributed by atoms with van der Waals surface area (Å²) in [6.45, 7) is 1.83. The number of hydrogen-bond donors (Lipinski definition) is 1. The highest BCUT2D eigenvalue weighted by Gasteiger charge is 2.32. The van der Waals surface area contributed by atoms with Crippen molar-refractivity contribution < 1.29 is 32.2 Å². The molecule has 2 rings (SSSR count). The number of nitrogens with one attached hydrogen (secondary N) is 1. The number of rotatable bonds is 5. The van der Waals surface area contributed by atoms with E-state index < -0.39 is 24.0 Å². The maximum Gasteiger partial charge on any atom is 0.573 e. The molecule has 5 nitrogen and oxygen atoms in total. The molecule has 2 aromatic rings. The van der Waals surface area contributed by atoms with Gasteiger partial charge in [0.05, 0.1) is 28.4 Å². The third-order valence-electron chi connectivity index (χ3n) is 3.09. The molecule has 2 aromatic carbocycles. The van der Waals surface area contributed by atoms with Gasteiger partial charge in [0.25, 0.3) is 5.91 Å². The topological polar surface area (TPSA) is 64.6 Å². The highest BCUT2D eigenvalue weighted by molar-refractivity contribution is 6.34. The summed E-state index contributed by atoms with van der Waals surface area (Å²) >= 11 is 6.02. The highest BCUT2D eigenvalue weighted by atomic mass is 35.5. The van der Waals surface area contributed by atoms with Crippen LogP contribution in [0.2, 0.25) is 5.02 Å². The number of halogens is 4. The Hall–Kier alpha value is -2.74. The van der Waals surface area contributed by atoms with E-state index in [9.17, 15) is 22.8 Å². The minimum Gasteiger partial charge on any atom is -0.462 e. The molecule has 0 aliphatic rings. The molecule has 0 aliphatic heterocycles. The average molecular weight is 388 g/mol. The van der Waals surface area contributed by atoms with Gasteiger partial charge in [0.2, 0.25) is 0 Å². The lowest BCUT2D eigenvalue weighted by Crippen LogP contribution is -2.21. The first-order chi connectivity index (χ1) is 12.2. The summed E-state index contributed by atoms with van der Waals surface area (Å²) in [5.41, 5.74) is -0.0301. The predicted octanol–water partition coefficient (Wildman–Crippen LogP) is 4.67. The van der Waals surface area contributed by atoms with Gasteiger partial charge in [0.1, 0.15) is 5.75 Å². The van der Waals surface area contributed by atoms with E-state index in [1.54, 1.807) is 6.92 Å². The number of amides is 1. The summed E-state index contributed by atoms with van der Waals surface area (Å²) in [5, 5.41) is 2.41. The van der Waals surface area contributed by atoms with E-state index in [-0.39, 0.29) is 28.4 Å². The van der Waals surface area contributed by atoms with Crippen molar-refractivity contribution in [3.8, 4) is 5.75 Å². The summed E-state index contributed by atoms with van der Waals surface area (Å²) in [5.74, 6) is -2.08. The molecular formula is C17H13ClF3NO4. The average Bonchev–Trinajstić information content (AvgIpc) is 2.55. The van der Waals surface area contributed by atoms with E-state index in [0.29, 0.717) is 0 Å². The number of anilines is 1. The van der Waals surface area contributed by atoms with Gasteiger partial charge < -0.3 is 14.8 Å². The molecule has 0 heterocycles. The maximum atomic E-state index is 12.4. The zero-order valence-electron chi connectivity index (χ0n) is 13.4. The third-order valence-corrected chi connectivity index (χ3v) is 3.40. The maximum absolute atomic E-state index is 12.4. The first-order valence-corrected chi connectivity index (χ1v) is 7.72. The SMILES string of the molecule is CCOC(=O)c1ccc(NC(=O)c2ccccc2OC(F)(F)F)c(Cl)c1. The number of carbonyl (C=O) groups is 2. The van der Waals surface area contributed by atoms with Crippen molar-refractivity contribution in [2.75, 3.05) is 11.9 Å². The summed E-state index contributed by atoms with van der Waals surface area (Å²) in [7, 11) is 0. The van der Waals surface area contributed by atoms with Crippen molar-refractivity contribution >= 4 is 29.2 Å². The number of esters is 1. The van der Waals surface area contributed by atoms with E-state index in [2.05, 4.69) is 10.1 Å². The van der Waals surface area contributed by atoms with Crippen LogP contribution in [0.5, 0.6) is 5.75 Å². The van der Waals surface area contributed by atoms with Gasteiger partial charge in [0, 0.05) is 0 Å². The van der Waals surface area contributed by atoms with Gasteiger partial charge in [-0.3, -0.25) is 4.79 Å². The Morgan fingerprint density at radius 3 is 2.46 bits per heavy atom.